The van der Waals surface area contributed by atoms with E-state index in [1.807, 2.05) is 0 Å². The van der Waals surface area contributed by atoms with E-state index in [1.54, 1.807) is 0 Å². The van der Waals surface area contributed by atoms with Gasteiger partial charge in [0, 0.05) is 6.07 Å². The SMILES string of the molecule is O=[N+]([O-])c1ccc(CO)c([N+](=O)[O-])c1CO. The number of aliphatic hydroxyl groups is 2. The molecule has 86 valence electrons. The van der Waals surface area contributed by atoms with Crippen molar-refractivity contribution >= 4 is 11.4 Å². The highest BCUT2D eigenvalue weighted by molar-refractivity contribution is 5.57. The molecule has 8 heteroatoms. The zero-order valence-electron chi connectivity index (χ0n) is 7.99. The Hall–Kier alpha value is -2.06. The number of nitro groups is 2. The molecule has 8 nitrogen and oxygen atoms in total. The predicted octanol–water partition coefficient (Wildman–Crippen LogP) is 0.488. The smallest absolute Gasteiger partial charge is 0.287 e. The molecule has 0 radical (unpaired) electrons. The van der Waals surface area contributed by atoms with Crippen LogP contribution in [0.4, 0.5) is 11.4 Å². The van der Waals surface area contributed by atoms with Gasteiger partial charge in [-0.2, -0.15) is 0 Å². The molecule has 0 atom stereocenters. The quantitative estimate of drug-likeness (QED) is 0.570. The van der Waals surface area contributed by atoms with Gasteiger partial charge in [-0.15, -0.1) is 0 Å². The van der Waals surface area contributed by atoms with E-state index in [9.17, 15) is 20.2 Å². The molecule has 1 rings (SSSR count). The van der Waals surface area contributed by atoms with Crippen molar-refractivity contribution in [1.82, 2.24) is 0 Å². The summed E-state index contributed by atoms with van der Waals surface area (Å²) in [5.74, 6) is 0. The second-order valence-electron chi connectivity index (χ2n) is 2.90. The summed E-state index contributed by atoms with van der Waals surface area (Å²) < 4.78 is 0. The molecular formula is C8H8N2O6. The molecule has 0 saturated heterocycles. The maximum Gasteiger partial charge on any atom is 0.287 e. The van der Waals surface area contributed by atoms with E-state index >= 15 is 0 Å². The first kappa shape index (κ1) is 12.0. The molecule has 1 aromatic carbocycles. The lowest BCUT2D eigenvalue weighted by Gasteiger charge is -2.04. The third-order valence-electron chi connectivity index (χ3n) is 2.05. The molecule has 0 aliphatic rings. The van der Waals surface area contributed by atoms with Crippen molar-refractivity contribution in [1.29, 1.82) is 0 Å². The fraction of sp³-hybridized carbons (Fsp3) is 0.250. The van der Waals surface area contributed by atoms with Gasteiger partial charge in [0.2, 0.25) is 0 Å². The summed E-state index contributed by atoms with van der Waals surface area (Å²) >= 11 is 0. The molecule has 0 aromatic heterocycles. The fourth-order valence-corrected chi connectivity index (χ4v) is 1.36. The zero-order valence-corrected chi connectivity index (χ0v) is 7.99. The van der Waals surface area contributed by atoms with Crippen molar-refractivity contribution in [2.75, 3.05) is 0 Å². The molecule has 1 aromatic rings. The van der Waals surface area contributed by atoms with Gasteiger partial charge in [-0.05, 0) is 6.07 Å². The van der Waals surface area contributed by atoms with Crippen LogP contribution in [0, 0.1) is 20.2 Å². The standard InChI is InChI=1S/C8H8N2O6/c11-3-5-1-2-7(9(13)14)6(4-12)8(5)10(15)16/h1-2,11-12H,3-4H2. The Labute approximate surface area is 89.1 Å². The zero-order chi connectivity index (χ0) is 12.3. The highest BCUT2D eigenvalue weighted by atomic mass is 16.6. The van der Waals surface area contributed by atoms with Crippen LogP contribution in [0.5, 0.6) is 0 Å². The summed E-state index contributed by atoms with van der Waals surface area (Å²) in [6.07, 6.45) is 0. The third-order valence-corrected chi connectivity index (χ3v) is 2.05. The van der Waals surface area contributed by atoms with Gasteiger partial charge in [0.15, 0.2) is 0 Å². The molecule has 0 saturated carbocycles. The van der Waals surface area contributed by atoms with Crippen LogP contribution < -0.4 is 0 Å². The molecule has 16 heavy (non-hydrogen) atoms. The van der Waals surface area contributed by atoms with E-state index in [0.717, 1.165) is 12.1 Å². The van der Waals surface area contributed by atoms with Crippen molar-refractivity contribution in [3.05, 3.63) is 43.5 Å². The predicted molar refractivity (Wildman–Crippen MR) is 51.6 cm³/mol. The van der Waals surface area contributed by atoms with Crippen LogP contribution in [-0.2, 0) is 13.2 Å². The van der Waals surface area contributed by atoms with Crippen LogP contribution in [0.15, 0.2) is 12.1 Å². The Morgan fingerprint density at radius 2 is 1.69 bits per heavy atom. The Bertz CT molecular complexity index is 444. The number of hydrogen-bond acceptors (Lipinski definition) is 6. The minimum absolute atomic E-state index is 0.0698. The molecule has 0 fully saturated rings. The number of hydrogen-bond donors (Lipinski definition) is 2. The summed E-state index contributed by atoms with van der Waals surface area (Å²) in [6, 6.07) is 2.11. The minimum Gasteiger partial charge on any atom is -0.391 e. The van der Waals surface area contributed by atoms with Crippen molar-refractivity contribution in [3.8, 4) is 0 Å². The normalized spacial score (nSPS) is 10.1. The highest BCUT2D eigenvalue weighted by Crippen LogP contribution is 2.31. The highest BCUT2D eigenvalue weighted by Gasteiger charge is 2.27. The second kappa shape index (κ2) is 4.64. The van der Waals surface area contributed by atoms with Gasteiger partial charge in [-0.3, -0.25) is 20.2 Å². The maximum absolute atomic E-state index is 10.7. The number of nitrogens with zero attached hydrogens (tertiary/aromatic N) is 2. The lowest BCUT2D eigenvalue weighted by atomic mass is 10.1. The minimum atomic E-state index is -0.857. The molecule has 0 heterocycles. The van der Waals surface area contributed by atoms with Crippen molar-refractivity contribution in [2.24, 2.45) is 0 Å². The molecular weight excluding hydrogens is 220 g/mol. The largest absolute Gasteiger partial charge is 0.391 e. The van der Waals surface area contributed by atoms with E-state index in [0.29, 0.717) is 0 Å². The Morgan fingerprint density at radius 1 is 1.06 bits per heavy atom. The summed E-state index contributed by atoms with van der Waals surface area (Å²) in [6.45, 7) is -1.46. The van der Waals surface area contributed by atoms with E-state index in [4.69, 9.17) is 10.2 Å². The summed E-state index contributed by atoms with van der Waals surface area (Å²) in [4.78, 5) is 19.6. The van der Waals surface area contributed by atoms with Crippen LogP contribution in [0.1, 0.15) is 11.1 Å². The number of aliphatic hydroxyl groups excluding tert-OH is 2. The molecule has 0 amide bonds. The first-order chi connectivity index (χ1) is 7.52. The number of rotatable bonds is 4. The number of nitro benzene ring substituents is 2. The first-order valence-electron chi connectivity index (χ1n) is 4.18. The van der Waals surface area contributed by atoms with Gasteiger partial charge in [0.1, 0.15) is 5.56 Å². The average molecular weight is 228 g/mol. The molecule has 0 spiro atoms. The van der Waals surface area contributed by atoms with Gasteiger partial charge in [0.05, 0.1) is 28.6 Å². The van der Waals surface area contributed by atoms with E-state index < -0.39 is 40.0 Å². The lowest BCUT2D eigenvalue weighted by Crippen LogP contribution is -2.04. The lowest BCUT2D eigenvalue weighted by molar-refractivity contribution is -0.396. The van der Waals surface area contributed by atoms with E-state index in [-0.39, 0.29) is 5.56 Å². The van der Waals surface area contributed by atoms with Crippen LogP contribution >= 0.6 is 0 Å². The van der Waals surface area contributed by atoms with E-state index in [1.165, 1.54) is 0 Å². The summed E-state index contributed by atoms with van der Waals surface area (Å²) in [5.41, 5.74) is -1.62. The molecule has 2 N–H and O–H groups in total. The van der Waals surface area contributed by atoms with Crippen molar-refractivity contribution in [2.45, 2.75) is 13.2 Å². The summed E-state index contributed by atoms with van der Waals surface area (Å²) in [5, 5.41) is 39.0. The van der Waals surface area contributed by atoms with Gasteiger partial charge >= 0.3 is 0 Å². The Balaban J connectivity index is 3.56. The van der Waals surface area contributed by atoms with Crippen LogP contribution in [0.3, 0.4) is 0 Å². The molecule has 0 unspecified atom stereocenters. The van der Waals surface area contributed by atoms with Gasteiger partial charge < -0.3 is 10.2 Å². The second-order valence-corrected chi connectivity index (χ2v) is 2.90. The van der Waals surface area contributed by atoms with Gasteiger partial charge in [0.25, 0.3) is 11.4 Å². The van der Waals surface area contributed by atoms with Gasteiger partial charge in [-0.25, -0.2) is 0 Å². The van der Waals surface area contributed by atoms with E-state index in [2.05, 4.69) is 0 Å². The number of benzene rings is 1. The van der Waals surface area contributed by atoms with Crippen LogP contribution in [0.25, 0.3) is 0 Å². The topological polar surface area (TPSA) is 127 Å². The summed E-state index contributed by atoms with van der Waals surface area (Å²) in [7, 11) is 0. The van der Waals surface area contributed by atoms with Gasteiger partial charge in [-0.1, -0.05) is 0 Å². The monoisotopic (exact) mass is 228 g/mol. The van der Waals surface area contributed by atoms with Crippen molar-refractivity contribution < 1.29 is 20.1 Å². The Morgan fingerprint density at radius 3 is 2.06 bits per heavy atom. The van der Waals surface area contributed by atoms with Crippen LogP contribution in [0.2, 0.25) is 0 Å². The Kier molecular flexibility index (Phi) is 3.48. The fourth-order valence-electron chi connectivity index (χ4n) is 1.36. The molecule has 0 aliphatic heterocycles. The van der Waals surface area contributed by atoms with Crippen molar-refractivity contribution in [3.63, 3.8) is 0 Å². The molecule has 0 bridgehead atoms. The average Bonchev–Trinajstić information content (AvgIpc) is 2.26. The first-order valence-corrected chi connectivity index (χ1v) is 4.18. The van der Waals surface area contributed by atoms with Crippen LogP contribution in [-0.4, -0.2) is 20.1 Å². The maximum atomic E-state index is 10.7. The third kappa shape index (κ3) is 1.97. The molecule has 0 aliphatic carbocycles.